The van der Waals surface area contributed by atoms with Crippen molar-refractivity contribution in [2.75, 3.05) is 13.7 Å². The second-order valence-electron chi connectivity index (χ2n) is 13.3. The van der Waals surface area contributed by atoms with Crippen molar-refractivity contribution < 1.29 is 13.9 Å². The molecule has 4 heteroatoms. The summed E-state index contributed by atoms with van der Waals surface area (Å²) in [6, 6.07) is 30.0. The van der Waals surface area contributed by atoms with Gasteiger partial charge in [0.05, 0.1) is 13.7 Å². The molecule has 0 saturated carbocycles. The first kappa shape index (κ1) is 37.4. The standard InChI is InChI=1S/C42H58O3Si/c1-6-7-8-9-10-13-18-25-39(26-19-14-11-12-15-24-35-44-36-37-31-33-38(43-5)34-32-37)45-46(42(2,3)4,40-27-20-16-21-28-40)41-29-22-17-23-30-41/h10,13,16-17,20-23,27-34,39H,6-9,11-12,14-15,19,24,26,35-36H2,1-5H3/b13-10+/t39-/m1/s1. The highest BCUT2D eigenvalue weighted by atomic mass is 28.4. The molecule has 0 amide bonds. The van der Waals surface area contributed by atoms with Crippen molar-refractivity contribution in [2.45, 2.75) is 116 Å². The van der Waals surface area contributed by atoms with Gasteiger partial charge in [0.2, 0.25) is 0 Å². The van der Waals surface area contributed by atoms with Crippen molar-refractivity contribution in [3.05, 3.63) is 103 Å². The lowest BCUT2D eigenvalue weighted by atomic mass is 10.1. The van der Waals surface area contributed by atoms with E-state index in [0.29, 0.717) is 6.61 Å². The van der Waals surface area contributed by atoms with Gasteiger partial charge >= 0.3 is 0 Å². The van der Waals surface area contributed by atoms with E-state index >= 15 is 0 Å². The Morgan fingerprint density at radius 3 is 1.93 bits per heavy atom. The number of methoxy groups -OCH3 is 1. The number of hydrogen-bond donors (Lipinski definition) is 0. The van der Waals surface area contributed by atoms with Gasteiger partial charge in [-0.1, -0.05) is 157 Å². The third-order valence-electron chi connectivity index (χ3n) is 8.59. The predicted molar refractivity (Wildman–Crippen MR) is 199 cm³/mol. The second kappa shape index (κ2) is 20.9. The lowest BCUT2D eigenvalue weighted by Crippen LogP contribution is -2.67. The molecule has 1 atom stereocenters. The number of rotatable bonds is 20. The third kappa shape index (κ3) is 12.3. The van der Waals surface area contributed by atoms with E-state index in [1.807, 2.05) is 18.2 Å². The van der Waals surface area contributed by atoms with Gasteiger partial charge in [-0.3, -0.25) is 0 Å². The van der Waals surface area contributed by atoms with Gasteiger partial charge in [-0.25, -0.2) is 0 Å². The zero-order chi connectivity index (χ0) is 32.9. The van der Waals surface area contributed by atoms with Crippen molar-refractivity contribution in [3.8, 4) is 17.6 Å². The number of ether oxygens (including phenoxy) is 2. The average molecular weight is 639 g/mol. The molecule has 0 unspecified atom stereocenters. The minimum absolute atomic E-state index is 0.0684. The molecule has 46 heavy (non-hydrogen) atoms. The first-order valence-electron chi connectivity index (χ1n) is 17.6. The van der Waals surface area contributed by atoms with Gasteiger partial charge in [0, 0.05) is 6.61 Å². The monoisotopic (exact) mass is 638 g/mol. The molecule has 0 aromatic heterocycles. The van der Waals surface area contributed by atoms with Crippen molar-refractivity contribution in [3.63, 3.8) is 0 Å². The minimum atomic E-state index is -2.67. The van der Waals surface area contributed by atoms with Crippen LogP contribution in [0.3, 0.4) is 0 Å². The largest absolute Gasteiger partial charge is 0.497 e. The number of allylic oxidation sites excluding steroid dienone is 2. The molecule has 0 aliphatic heterocycles. The summed E-state index contributed by atoms with van der Waals surface area (Å²) in [5, 5.41) is 2.55. The number of hydrogen-bond acceptors (Lipinski definition) is 3. The molecule has 0 aliphatic carbocycles. The smallest absolute Gasteiger partial charge is 0.262 e. The van der Waals surface area contributed by atoms with Gasteiger partial charge in [0.15, 0.2) is 0 Å². The van der Waals surface area contributed by atoms with Crippen LogP contribution >= 0.6 is 0 Å². The van der Waals surface area contributed by atoms with Gasteiger partial charge < -0.3 is 13.9 Å². The molecule has 0 heterocycles. The van der Waals surface area contributed by atoms with Crippen molar-refractivity contribution in [1.82, 2.24) is 0 Å². The Balaban J connectivity index is 1.59. The zero-order valence-electron chi connectivity index (χ0n) is 29.2. The minimum Gasteiger partial charge on any atom is -0.497 e. The number of benzene rings is 3. The van der Waals surface area contributed by atoms with E-state index < -0.39 is 8.32 Å². The Morgan fingerprint density at radius 2 is 1.35 bits per heavy atom. The molecule has 3 rings (SSSR count). The molecule has 0 fully saturated rings. The Morgan fingerprint density at radius 1 is 0.739 bits per heavy atom. The molecular formula is C42H58O3Si. The second-order valence-corrected chi connectivity index (χ2v) is 17.5. The summed E-state index contributed by atoms with van der Waals surface area (Å²) in [7, 11) is -0.977. The molecule has 3 aromatic rings. The van der Waals surface area contributed by atoms with E-state index in [1.165, 1.54) is 60.9 Å². The molecule has 3 nitrogen and oxygen atoms in total. The first-order valence-corrected chi connectivity index (χ1v) is 19.5. The van der Waals surface area contributed by atoms with Crippen LogP contribution in [0.5, 0.6) is 5.75 Å². The van der Waals surface area contributed by atoms with E-state index in [-0.39, 0.29) is 11.1 Å². The van der Waals surface area contributed by atoms with Crippen LogP contribution in [0.2, 0.25) is 5.04 Å². The van der Waals surface area contributed by atoms with Crippen LogP contribution < -0.4 is 15.1 Å². The SMILES string of the molecule is CCCCC/C=C/C#C[C@H](CCCCCCCCOCc1ccc(OC)cc1)O[Si](c1ccccc1)(c1ccccc1)C(C)(C)C. The highest BCUT2D eigenvalue weighted by Crippen LogP contribution is 2.38. The zero-order valence-corrected chi connectivity index (χ0v) is 30.2. The van der Waals surface area contributed by atoms with Crippen LogP contribution in [-0.4, -0.2) is 28.1 Å². The summed E-state index contributed by atoms with van der Waals surface area (Å²) in [6.45, 7) is 10.7. The predicted octanol–water partition coefficient (Wildman–Crippen LogP) is 10.0. The van der Waals surface area contributed by atoms with Gasteiger partial charge in [-0.2, -0.15) is 0 Å². The van der Waals surface area contributed by atoms with Crippen LogP contribution in [0.25, 0.3) is 0 Å². The summed E-state index contributed by atoms with van der Waals surface area (Å²) in [6.07, 6.45) is 17.0. The summed E-state index contributed by atoms with van der Waals surface area (Å²) in [5.41, 5.74) is 1.19. The highest BCUT2D eigenvalue weighted by Gasteiger charge is 2.51. The third-order valence-corrected chi connectivity index (χ3v) is 13.6. The fourth-order valence-electron chi connectivity index (χ4n) is 6.01. The lowest BCUT2D eigenvalue weighted by Gasteiger charge is -2.44. The van der Waals surface area contributed by atoms with E-state index in [9.17, 15) is 0 Å². The first-order chi connectivity index (χ1) is 22.4. The Labute approximate surface area is 281 Å². The Kier molecular flexibility index (Phi) is 17.0. The van der Waals surface area contributed by atoms with E-state index in [1.54, 1.807) is 7.11 Å². The maximum atomic E-state index is 7.45. The Hall–Kier alpha value is -3.10. The van der Waals surface area contributed by atoms with E-state index in [0.717, 1.165) is 38.0 Å². The van der Waals surface area contributed by atoms with Crippen LogP contribution in [0, 0.1) is 11.8 Å². The maximum Gasteiger partial charge on any atom is 0.262 e. The highest BCUT2D eigenvalue weighted by molar-refractivity contribution is 6.99. The molecular weight excluding hydrogens is 581 g/mol. The van der Waals surface area contributed by atoms with Crippen LogP contribution in [-0.2, 0) is 15.8 Å². The van der Waals surface area contributed by atoms with Gasteiger partial charge in [0.25, 0.3) is 8.32 Å². The molecule has 0 aliphatic rings. The van der Waals surface area contributed by atoms with Crippen LogP contribution in [0.1, 0.15) is 104 Å². The fourth-order valence-corrected chi connectivity index (χ4v) is 10.6. The Bertz CT molecular complexity index is 1260. The van der Waals surface area contributed by atoms with Crippen LogP contribution in [0.4, 0.5) is 0 Å². The summed E-state index contributed by atoms with van der Waals surface area (Å²) < 4.78 is 18.6. The topological polar surface area (TPSA) is 27.7 Å². The van der Waals surface area contributed by atoms with E-state index in [2.05, 4.69) is 118 Å². The molecule has 3 aromatic carbocycles. The van der Waals surface area contributed by atoms with Gasteiger partial charge in [-0.15, -0.1) is 0 Å². The van der Waals surface area contributed by atoms with Crippen molar-refractivity contribution in [1.29, 1.82) is 0 Å². The summed E-state index contributed by atoms with van der Waals surface area (Å²) >= 11 is 0. The van der Waals surface area contributed by atoms with Crippen molar-refractivity contribution >= 4 is 18.7 Å². The molecule has 0 radical (unpaired) electrons. The number of unbranched alkanes of at least 4 members (excludes halogenated alkanes) is 8. The fraction of sp³-hybridized carbons (Fsp3) is 0.476. The van der Waals surface area contributed by atoms with Crippen molar-refractivity contribution in [2.24, 2.45) is 0 Å². The molecule has 0 bridgehead atoms. The lowest BCUT2D eigenvalue weighted by molar-refractivity contribution is 0.116. The summed E-state index contributed by atoms with van der Waals surface area (Å²) in [4.78, 5) is 0. The average Bonchev–Trinajstić information content (AvgIpc) is 3.07. The normalized spacial score (nSPS) is 12.5. The molecule has 0 N–H and O–H groups in total. The van der Waals surface area contributed by atoms with Gasteiger partial charge in [0.1, 0.15) is 11.9 Å². The van der Waals surface area contributed by atoms with E-state index in [4.69, 9.17) is 13.9 Å². The molecule has 0 saturated heterocycles. The quantitative estimate of drug-likeness (QED) is 0.0700. The maximum absolute atomic E-state index is 7.45. The van der Waals surface area contributed by atoms with Crippen LogP contribution in [0.15, 0.2) is 97.1 Å². The molecule has 248 valence electrons. The summed E-state index contributed by atoms with van der Waals surface area (Å²) in [5.74, 6) is 7.84. The molecule has 0 spiro atoms. The van der Waals surface area contributed by atoms with Gasteiger partial charge in [-0.05, 0) is 71.3 Å².